The van der Waals surface area contributed by atoms with Crippen LogP contribution in [0.4, 0.5) is 0 Å². The summed E-state index contributed by atoms with van der Waals surface area (Å²) in [7, 11) is 2.07. The molecule has 0 saturated carbocycles. The molecule has 4 nitrogen and oxygen atoms in total. The first-order chi connectivity index (χ1) is 7.58. The van der Waals surface area contributed by atoms with E-state index in [1.54, 1.807) is 0 Å². The van der Waals surface area contributed by atoms with Crippen LogP contribution in [-0.2, 0) is 4.74 Å². The number of nitriles is 1. The van der Waals surface area contributed by atoms with Crippen LogP contribution in [0.3, 0.4) is 0 Å². The molecule has 0 aromatic rings. The summed E-state index contributed by atoms with van der Waals surface area (Å²) in [6.07, 6.45) is 2.44. The molecule has 2 N–H and O–H groups in total. The molecule has 0 spiro atoms. The van der Waals surface area contributed by atoms with E-state index in [1.165, 1.54) is 0 Å². The van der Waals surface area contributed by atoms with Crippen LogP contribution in [0.25, 0.3) is 0 Å². The van der Waals surface area contributed by atoms with Crippen LogP contribution in [0.2, 0.25) is 0 Å². The fraction of sp³-hybridized carbons (Fsp3) is 0.917. The van der Waals surface area contributed by atoms with E-state index in [0.29, 0.717) is 6.42 Å². The van der Waals surface area contributed by atoms with Crippen LogP contribution in [0.15, 0.2) is 0 Å². The SMILES string of the molecule is CCOCCN(C)CCCC(N)(C#N)CC. The molecular formula is C12H25N3O. The van der Waals surface area contributed by atoms with E-state index in [9.17, 15) is 0 Å². The Balaban J connectivity index is 3.61. The van der Waals surface area contributed by atoms with Gasteiger partial charge in [-0.2, -0.15) is 5.26 Å². The van der Waals surface area contributed by atoms with E-state index in [0.717, 1.165) is 39.1 Å². The molecule has 0 aliphatic rings. The molecule has 1 atom stereocenters. The summed E-state index contributed by atoms with van der Waals surface area (Å²) in [5.41, 5.74) is 5.26. The van der Waals surface area contributed by atoms with Gasteiger partial charge in [-0.1, -0.05) is 6.92 Å². The van der Waals surface area contributed by atoms with Gasteiger partial charge in [0.25, 0.3) is 0 Å². The zero-order chi connectivity index (χ0) is 12.4. The molecule has 0 aromatic heterocycles. The van der Waals surface area contributed by atoms with Crippen molar-refractivity contribution in [1.82, 2.24) is 4.90 Å². The highest BCUT2D eigenvalue weighted by Gasteiger charge is 2.21. The second-order valence-corrected chi connectivity index (χ2v) is 4.23. The number of nitrogens with two attached hydrogens (primary N) is 1. The number of likely N-dealkylation sites (N-methyl/N-ethyl adjacent to an activating group) is 1. The van der Waals surface area contributed by atoms with E-state index >= 15 is 0 Å². The molecule has 0 aromatic carbocycles. The first-order valence-corrected chi connectivity index (χ1v) is 6.04. The van der Waals surface area contributed by atoms with Crippen molar-refractivity contribution in [2.75, 3.05) is 33.4 Å². The number of nitrogens with zero attached hydrogens (tertiary/aromatic N) is 2. The van der Waals surface area contributed by atoms with Crippen molar-refractivity contribution in [2.45, 2.75) is 38.6 Å². The summed E-state index contributed by atoms with van der Waals surface area (Å²) in [6.45, 7) is 7.40. The van der Waals surface area contributed by atoms with Crippen molar-refractivity contribution < 1.29 is 4.74 Å². The number of hydrogen-bond donors (Lipinski definition) is 1. The Morgan fingerprint density at radius 3 is 2.56 bits per heavy atom. The van der Waals surface area contributed by atoms with Gasteiger partial charge in [-0.3, -0.25) is 0 Å². The lowest BCUT2D eigenvalue weighted by Gasteiger charge is -2.21. The van der Waals surface area contributed by atoms with Crippen molar-refractivity contribution in [3.8, 4) is 6.07 Å². The molecule has 0 aliphatic carbocycles. The van der Waals surface area contributed by atoms with Crippen molar-refractivity contribution in [2.24, 2.45) is 5.73 Å². The smallest absolute Gasteiger partial charge is 0.104 e. The Hall–Kier alpha value is -0.630. The maximum absolute atomic E-state index is 8.92. The molecule has 0 amide bonds. The molecule has 0 rings (SSSR count). The first-order valence-electron chi connectivity index (χ1n) is 6.04. The normalized spacial score (nSPS) is 14.8. The van der Waals surface area contributed by atoms with Crippen LogP contribution in [0, 0.1) is 11.3 Å². The Kier molecular flexibility index (Phi) is 8.18. The van der Waals surface area contributed by atoms with Crippen LogP contribution in [0.1, 0.15) is 33.1 Å². The Labute approximate surface area is 99.4 Å². The van der Waals surface area contributed by atoms with Crippen LogP contribution < -0.4 is 5.73 Å². The van der Waals surface area contributed by atoms with Crippen LogP contribution in [-0.4, -0.2) is 43.8 Å². The summed E-state index contributed by atoms with van der Waals surface area (Å²) < 4.78 is 5.28. The highest BCUT2D eigenvalue weighted by molar-refractivity contribution is 5.03. The fourth-order valence-electron chi connectivity index (χ4n) is 1.45. The maximum atomic E-state index is 8.92. The van der Waals surface area contributed by atoms with Crippen LogP contribution >= 0.6 is 0 Å². The summed E-state index contributed by atoms with van der Waals surface area (Å²) in [6, 6.07) is 2.19. The minimum absolute atomic E-state index is 0.638. The van der Waals surface area contributed by atoms with E-state index in [4.69, 9.17) is 15.7 Å². The number of ether oxygens (including phenoxy) is 1. The molecule has 4 heteroatoms. The predicted molar refractivity (Wildman–Crippen MR) is 66.0 cm³/mol. The largest absolute Gasteiger partial charge is 0.380 e. The fourth-order valence-corrected chi connectivity index (χ4v) is 1.45. The number of hydrogen-bond acceptors (Lipinski definition) is 4. The van der Waals surface area contributed by atoms with Crippen molar-refractivity contribution in [1.29, 1.82) is 5.26 Å². The van der Waals surface area contributed by atoms with Gasteiger partial charge in [0.1, 0.15) is 5.54 Å². The molecule has 0 saturated heterocycles. The molecule has 94 valence electrons. The van der Waals surface area contributed by atoms with Gasteiger partial charge in [-0.05, 0) is 39.8 Å². The molecular weight excluding hydrogens is 202 g/mol. The van der Waals surface area contributed by atoms with E-state index in [1.807, 2.05) is 13.8 Å². The van der Waals surface area contributed by atoms with Gasteiger partial charge >= 0.3 is 0 Å². The third-order valence-corrected chi connectivity index (χ3v) is 2.84. The minimum atomic E-state index is -0.638. The van der Waals surface area contributed by atoms with Gasteiger partial charge in [0.05, 0.1) is 12.7 Å². The van der Waals surface area contributed by atoms with Gasteiger partial charge in [0.2, 0.25) is 0 Å². The standard InChI is InChI=1S/C12H25N3O/c1-4-12(14,11-13)7-6-8-15(3)9-10-16-5-2/h4-10,14H2,1-3H3. The average molecular weight is 227 g/mol. The third kappa shape index (κ3) is 6.78. The van der Waals surface area contributed by atoms with Gasteiger partial charge in [0.15, 0.2) is 0 Å². The van der Waals surface area contributed by atoms with Crippen LogP contribution in [0.5, 0.6) is 0 Å². The monoisotopic (exact) mass is 227 g/mol. The van der Waals surface area contributed by atoms with Gasteiger partial charge < -0.3 is 15.4 Å². The minimum Gasteiger partial charge on any atom is -0.380 e. The lowest BCUT2D eigenvalue weighted by Crippen LogP contribution is -2.38. The summed E-state index contributed by atoms with van der Waals surface area (Å²) in [5.74, 6) is 0. The lowest BCUT2D eigenvalue weighted by molar-refractivity contribution is 0.121. The van der Waals surface area contributed by atoms with E-state index in [-0.39, 0.29) is 0 Å². The highest BCUT2D eigenvalue weighted by Crippen LogP contribution is 2.12. The Bertz CT molecular complexity index is 215. The van der Waals surface area contributed by atoms with Gasteiger partial charge in [0, 0.05) is 13.2 Å². The van der Waals surface area contributed by atoms with Gasteiger partial charge in [-0.15, -0.1) is 0 Å². The van der Waals surface area contributed by atoms with E-state index in [2.05, 4.69) is 18.0 Å². The number of rotatable bonds is 9. The van der Waals surface area contributed by atoms with Crippen molar-refractivity contribution in [3.63, 3.8) is 0 Å². The molecule has 0 bridgehead atoms. The Morgan fingerprint density at radius 2 is 2.06 bits per heavy atom. The lowest BCUT2D eigenvalue weighted by atomic mass is 9.93. The molecule has 1 unspecified atom stereocenters. The molecule has 0 aliphatic heterocycles. The summed E-state index contributed by atoms with van der Waals surface area (Å²) >= 11 is 0. The van der Waals surface area contributed by atoms with E-state index < -0.39 is 5.54 Å². The quantitative estimate of drug-likeness (QED) is 0.604. The summed E-state index contributed by atoms with van der Waals surface area (Å²) in [4.78, 5) is 2.21. The first kappa shape index (κ1) is 15.4. The second-order valence-electron chi connectivity index (χ2n) is 4.23. The predicted octanol–water partition coefficient (Wildman–Crippen LogP) is 1.37. The highest BCUT2D eigenvalue weighted by atomic mass is 16.5. The Morgan fingerprint density at radius 1 is 1.38 bits per heavy atom. The maximum Gasteiger partial charge on any atom is 0.104 e. The van der Waals surface area contributed by atoms with Crippen molar-refractivity contribution >= 4 is 0 Å². The topological polar surface area (TPSA) is 62.3 Å². The third-order valence-electron chi connectivity index (χ3n) is 2.84. The average Bonchev–Trinajstić information content (AvgIpc) is 2.29. The zero-order valence-electron chi connectivity index (χ0n) is 10.8. The molecule has 16 heavy (non-hydrogen) atoms. The second kappa shape index (κ2) is 8.51. The van der Waals surface area contributed by atoms with Crippen molar-refractivity contribution in [3.05, 3.63) is 0 Å². The molecule has 0 fully saturated rings. The summed E-state index contributed by atoms with van der Waals surface area (Å²) in [5, 5.41) is 8.92. The zero-order valence-corrected chi connectivity index (χ0v) is 10.8. The molecule has 0 radical (unpaired) electrons. The molecule has 0 heterocycles. The van der Waals surface area contributed by atoms with Gasteiger partial charge in [-0.25, -0.2) is 0 Å².